The van der Waals surface area contributed by atoms with Crippen molar-refractivity contribution in [2.24, 2.45) is 0 Å². The van der Waals surface area contributed by atoms with Gasteiger partial charge in [0, 0.05) is 11.6 Å². The molecule has 2 nitrogen and oxygen atoms in total. The lowest BCUT2D eigenvalue weighted by atomic mass is 10.1. The number of aromatic nitrogens is 2. The number of hydrogen-bond donors (Lipinski definition) is 1. The first kappa shape index (κ1) is 14.2. The molecule has 1 heterocycles. The summed E-state index contributed by atoms with van der Waals surface area (Å²) in [5, 5.41) is 0.663. The molecule has 0 saturated heterocycles. The summed E-state index contributed by atoms with van der Waals surface area (Å²) >= 11 is 11.0. The zero-order valence-electron chi connectivity index (χ0n) is 10.9. The summed E-state index contributed by atoms with van der Waals surface area (Å²) in [7, 11) is 0. The zero-order valence-corrected chi connectivity index (χ0v) is 12.4. The summed E-state index contributed by atoms with van der Waals surface area (Å²) in [6.45, 7) is 0.459. The molecular weight excluding hydrogens is 314 g/mol. The van der Waals surface area contributed by atoms with Gasteiger partial charge in [-0.15, -0.1) is 0 Å². The van der Waals surface area contributed by atoms with Crippen molar-refractivity contribution in [3.05, 3.63) is 63.4 Å². The maximum atomic E-state index is 14.0. The Labute approximate surface area is 130 Å². The number of aromatic amines is 1. The highest BCUT2D eigenvalue weighted by molar-refractivity contribution is 7.71. The number of halogens is 3. The Bertz CT molecular complexity index is 852. The van der Waals surface area contributed by atoms with Crippen LogP contribution in [0.3, 0.4) is 0 Å². The van der Waals surface area contributed by atoms with E-state index in [0.717, 1.165) is 11.6 Å². The second kappa shape index (κ2) is 5.58. The first-order chi connectivity index (χ1) is 10.1. The fraction of sp³-hybridized carbons (Fsp3) is 0.133. The molecule has 0 fully saturated rings. The second-order valence-corrected chi connectivity index (χ2v) is 5.54. The quantitative estimate of drug-likeness (QED) is 0.681. The van der Waals surface area contributed by atoms with E-state index in [1.54, 1.807) is 16.7 Å². The Morgan fingerprint density at radius 2 is 1.81 bits per heavy atom. The average molecular weight is 325 g/mol. The van der Waals surface area contributed by atoms with Crippen LogP contribution in [0.2, 0.25) is 5.02 Å². The lowest BCUT2D eigenvalue weighted by Gasteiger charge is -2.06. The minimum Gasteiger partial charge on any atom is -0.330 e. The van der Waals surface area contributed by atoms with Gasteiger partial charge in [0.25, 0.3) is 0 Å². The van der Waals surface area contributed by atoms with Crippen molar-refractivity contribution in [3.8, 4) is 0 Å². The third kappa shape index (κ3) is 2.71. The molecule has 0 aliphatic rings. The number of fused-ring (bicyclic) bond motifs is 1. The van der Waals surface area contributed by atoms with Crippen LogP contribution in [0.5, 0.6) is 0 Å². The van der Waals surface area contributed by atoms with Crippen LogP contribution in [-0.2, 0) is 13.0 Å². The van der Waals surface area contributed by atoms with E-state index >= 15 is 0 Å². The summed E-state index contributed by atoms with van der Waals surface area (Å²) in [5.74, 6) is -1.76. The van der Waals surface area contributed by atoms with E-state index in [0.29, 0.717) is 28.3 Å². The van der Waals surface area contributed by atoms with Crippen molar-refractivity contribution in [1.29, 1.82) is 0 Å². The van der Waals surface area contributed by atoms with Crippen LogP contribution in [0.15, 0.2) is 36.4 Å². The van der Waals surface area contributed by atoms with Crippen molar-refractivity contribution in [1.82, 2.24) is 9.55 Å². The molecule has 0 aliphatic carbocycles. The molecule has 0 bridgehead atoms. The molecule has 6 heteroatoms. The van der Waals surface area contributed by atoms with E-state index in [1.165, 1.54) is 6.07 Å². The van der Waals surface area contributed by atoms with E-state index in [-0.39, 0.29) is 5.52 Å². The van der Waals surface area contributed by atoms with Crippen LogP contribution in [-0.4, -0.2) is 9.55 Å². The number of rotatable bonds is 3. The summed E-state index contributed by atoms with van der Waals surface area (Å²) in [6.07, 6.45) is 0.647. The topological polar surface area (TPSA) is 20.7 Å². The molecule has 0 saturated carbocycles. The first-order valence-corrected chi connectivity index (χ1v) is 7.16. The Kier molecular flexibility index (Phi) is 3.78. The second-order valence-electron chi connectivity index (χ2n) is 4.72. The number of benzene rings is 2. The molecule has 0 radical (unpaired) electrons. The van der Waals surface area contributed by atoms with Gasteiger partial charge in [-0.25, -0.2) is 8.78 Å². The highest BCUT2D eigenvalue weighted by Crippen LogP contribution is 2.21. The lowest BCUT2D eigenvalue weighted by molar-refractivity contribution is 0.510. The highest BCUT2D eigenvalue weighted by atomic mass is 35.5. The Balaban J connectivity index is 1.97. The molecule has 108 valence electrons. The van der Waals surface area contributed by atoms with Gasteiger partial charge in [-0.3, -0.25) is 0 Å². The van der Waals surface area contributed by atoms with E-state index in [1.807, 2.05) is 12.1 Å². The van der Waals surface area contributed by atoms with Gasteiger partial charge in [0.05, 0.1) is 5.52 Å². The predicted octanol–water partition coefficient (Wildman–Crippen LogP) is 4.87. The third-order valence-corrected chi connectivity index (χ3v) is 3.94. The number of nitrogens with one attached hydrogen (secondary N) is 1. The first-order valence-electron chi connectivity index (χ1n) is 6.37. The van der Waals surface area contributed by atoms with Gasteiger partial charge in [0.2, 0.25) is 0 Å². The van der Waals surface area contributed by atoms with Crippen LogP contribution in [0.25, 0.3) is 11.0 Å². The van der Waals surface area contributed by atoms with Crippen molar-refractivity contribution < 1.29 is 8.78 Å². The average Bonchev–Trinajstić information content (AvgIpc) is 2.79. The number of H-pyrrole nitrogens is 1. The van der Waals surface area contributed by atoms with Gasteiger partial charge in [-0.05, 0) is 48.5 Å². The minimum atomic E-state index is -0.879. The standard InChI is InChI=1S/C15H11ClF2N2S/c16-10-3-1-9(2-4-10)7-8-20-14-12(19-15(20)21)6-5-11(17)13(14)18/h1-6H,7-8H2,(H,19,21). The van der Waals surface area contributed by atoms with Crippen molar-refractivity contribution in [3.63, 3.8) is 0 Å². The van der Waals surface area contributed by atoms with E-state index in [4.69, 9.17) is 23.8 Å². The fourth-order valence-corrected chi connectivity index (χ4v) is 2.71. The normalized spacial score (nSPS) is 11.2. The molecule has 2 aromatic carbocycles. The maximum absolute atomic E-state index is 14.0. The van der Waals surface area contributed by atoms with Crippen molar-refractivity contribution in [2.45, 2.75) is 13.0 Å². The molecule has 0 spiro atoms. The SMILES string of the molecule is Fc1ccc2[nH]c(=S)n(CCc3ccc(Cl)cc3)c2c1F. The van der Waals surface area contributed by atoms with Gasteiger partial charge in [0.1, 0.15) is 5.52 Å². The molecule has 3 aromatic rings. The number of hydrogen-bond acceptors (Lipinski definition) is 1. The highest BCUT2D eigenvalue weighted by Gasteiger charge is 2.13. The van der Waals surface area contributed by atoms with E-state index in [2.05, 4.69) is 4.98 Å². The molecule has 0 unspecified atom stereocenters. The molecule has 0 aliphatic heterocycles. The number of aryl methyl sites for hydroxylation is 2. The summed E-state index contributed by atoms with van der Waals surface area (Å²) < 4.78 is 29.3. The molecule has 0 atom stereocenters. The van der Waals surface area contributed by atoms with Gasteiger partial charge in [0.15, 0.2) is 16.4 Å². The molecule has 1 N–H and O–H groups in total. The Hall–Kier alpha value is -1.72. The summed E-state index contributed by atoms with van der Waals surface area (Å²) in [5.41, 5.74) is 1.72. The predicted molar refractivity (Wildman–Crippen MR) is 82.2 cm³/mol. The van der Waals surface area contributed by atoms with Crippen molar-refractivity contribution >= 4 is 34.9 Å². The summed E-state index contributed by atoms with van der Waals surface area (Å²) in [4.78, 5) is 2.89. The van der Waals surface area contributed by atoms with Crippen LogP contribution in [0, 0.1) is 16.4 Å². The largest absolute Gasteiger partial charge is 0.330 e. The lowest BCUT2D eigenvalue weighted by Crippen LogP contribution is -2.03. The Morgan fingerprint density at radius 3 is 2.52 bits per heavy atom. The van der Waals surface area contributed by atoms with Crippen molar-refractivity contribution in [2.75, 3.05) is 0 Å². The van der Waals surface area contributed by atoms with E-state index < -0.39 is 11.6 Å². The minimum absolute atomic E-state index is 0.175. The van der Waals surface area contributed by atoms with Crippen LogP contribution in [0.1, 0.15) is 5.56 Å². The maximum Gasteiger partial charge on any atom is 0.184 e. The van der Waals surface area contributed by atoms with Gasteiger partial charge in [-0.1, -0.05) is 23.7 Å². The smallest absolute Gasteiger partial charge is 0.184 e. The monoisotopic (exact) mass is 324 g/mol. The van der Waals surface area contributed by atoms with Crippen LogP contribution >= 0.6 is 23.8 Å². The zero-order chi connectivity index (χ0) is 15.0. The number of nitrogens with zero attached hydrogens (tertiary/aromatic N) is 1. The third-order valence-electron chi connectivity index (χ3n) is 3.36. The molecule has 0 amide bonds. The Morgan fingerprint density at radius 1 is 1.10 bits per heavy atom. The summed E-state index contributed by atoms with van der Waals surface area (Å²) in [6, 6.07) is 9.97. The molecule has 3 rings (SSSR count). The molecular formula is C15H11ClF2N2S. The van der Waals surface area contributed by atoms with Crippen LogP contribution in [0.4, 0.5) is 8.78 Å². The molecule has 1 aromatic heterocycles. The van der Waals surface area contributed by atoms with Gasteiger partial charge >= 0.3 is 0 Å². The molecule has 21 heavy (non-hydrogen) atoms. The van der Waals surface area contributed by atoms with E-state index in [9.17, 15) is 8.78 Å². The fourth-order valence-electron chi connectivity index (χ4n) is 2.29. The van der Waals surface area contributed by atoms with Crippen LogP contribution < -0.4 is 0 Å². The number of imidazole rings is 1. The van der Waals surface area contributed by atoms with Gasteiger partial charge in [-0.2, -0.15) is 0 Å². The van der Waals surface area contributed by atoms with Gasteiger partial charge < -0.3 is 9.55 Å².